The molecule has 0 atom stereocenters. The van der Waals surface area contributed by atoms with E-state index in [1.807, 2.05) is 12.4 Å². The van der Waals surface area contributed by atoms with Crippen LogP contribution >= 0.6 is 0 Å². The topological polar surface area (TPSA) is 40.3 Å². The minimum atomic E-state index is 0.900. The molecule has 0 aromatic carbocycles. The van der Waals surface area contributed by atoms with Gasteiger partial charge in [0.05, 0.1) is 13.2 Å². The summed E-state index contributed by atoms with van der Waals surface area (Å²) < 4.78 is 5.32. The number of ether oxygens (including phenoxy) is 1. The maximum absolute atomic E-state index is 5.32. The van der Waals surface area contributed by atoms with Crippen molar-refractivity contribution < 1.29 is 4.74 Å². The van der Waals surface area contributed by atoms with Gasteiger partial charge in [-0.05, 0) is 31.1 Å². The first-order chi connectivity index (χ1) is 7.95. The van der Waals surface area contributed by atoms with Gasteiger partial charge in [-0.15, -0.1) is 0 Å². The molecule has 2 rings (SSSR count). The molecule has 2 heterocycles. The first-order valence-corrected chi connectivity index (χ1v) is 6.07. The van der Waals surface area contributed by atoms with E-state index in [2.05, 4.69) is 21.3 Å². The number of H-pyrrole nitrogens is 1. The quantitative estimate of drug-likeness (QED) is 0.702. The fourth-order valence-electron chi connectivity index (χ4n) is 1.95. The standard InChI is InChI=1S/C12H21N3O/c1(5-15-6-8-16-9-7-15)3-13-10-12-2-4-14-11-12/h2,4,11,13-14H,1,3,5-10H2. The summed E-state index contributed by atoms with van der Waals surface area (Å²) in [5, 5.41) is 3.45. The van der Waals surface area contributed by atoms with Crippen LogP contribution in [-0.4, -0.2) is 49.3 Å². The van der Waals surface area contributed by atoms with E-state index in [0.717, 1.165) is 39.4 Å². The highest BCUT2D eigenvalue weighted by Crippen LogP contribution is 1.98. The molecule has 0 spiro atoms. The molecule has 1 aliphatic heterocycles. The average molecular weight is 223 g/mol. The molecular formula is C12H21N3O. The summed E-state index contributed by atoms with van der Waals surface area (Å²) in [5.74, 6) is 0. The summed E-state index contributed by atoms with van der Waals surface area (Å²) in [6.45, 7) is 7.22. The first kappa shape index (κ1) is 11.6. The van der Waals surface area contributed by atoms with Gasteiger partial charge in [-0.3, -0.25) is 4.90 Å². The van der Waals surface area contributed by atoms with Gasteiger partial charge >= 0.3 is 0 Å². The van der Waals surface area contributed by atoms with Crippen LogP contribution in [-0.2, 0) is 11.3 Å². The molecule has 2 N–H and O–H groups in total. The summed E-state index contributed by atoms with van der Waals surface area (Å²) in [5.41, 5.74) is 1.33. The Morgan fingerprint density at radius 1 is 1.38 bits per heavy atom. The van der Waals surface area contributed by atoms with Crippen LogP contribution in [0.1, 0.15) is 12.0 Å². The molecular weight excluding hydrogens is 202 g/mol. The molecule has 16 heavy (non-hydrogen) atoms. The molecule has 0 aliphatic carbocycles. The summed E-state index contributed by atoms with van der Waals surface area (Å²) >= 11 is 0. The number of morpholine rings is 1. The Morgan fingerprint density at radius 3 is 3.00 bits per heavy atom. The Bertz CT molecular complexity index is 268. The molecule has 1 aromatic rings. The van der Waals surface area contributed by atoms with Gasteiger partial charge in [0.25, 0.3) is 0 Å². The van der Waals surface area contributed by atoms with E-state index in [-0.39, 0.29) is 0 Å². The normalized spacial score (nSPS) is 17.8. The highest BCUT2D eigenvalue weighted by Gasteiger charge is 2.08. The second kappa shape index (κ2) is 6.68. The predicted octanol–water partition coefficient (Wildman–Crippen LogP) is 0.827. The highest BCUT2D eigenvalue weighted by molar-refractivity contribution is 5.07. The van der Waals surface area contributed by atoms with E-state index in [1.54, 1.807) is 0 Å². The van der Waals surface area contributed by atoms with Gasteiger partial charge in [0.1, 0.15) is 0 Å². The lowest BCUT2D eigenvalue weighted by Crippen LogP contribution is -2.37. The Hall–Kier alpha value is -0.840. The van der Waals surface area contributed by atoms with Crippen LogP contribution in [0.2, 0.25) is 0 Å². The lowest BCUT2D eigenvalue weighted by Gasteiger charge is -2.26. The first-order valence-electron chi connectivity index (χ1n) is 6.07. The largest absolute Gasteiger partial charge is 0.379 e. The summed E-state index contributed by atoms with van der Waals surface area (Å²) in [6, 6.07) is 2.11. The molecule has 1 aliphatic rings. The molecule has 0 radical (unpaired) electrons. The van der Waals surface area contributed by atoms with Gasteiger partial charge in [-0.2, -0.15) is 0 Å². The zero-order chi connectivity index (χ0) is 11.1. The molecule has 0 unspecified atom stereocenters. The molecule has 1 fully saturated rings. The summed E-state index contributed by atoms with van der Waals surface area (Å²) in [7, 11) is 0. The number of rotatable bonds is 6. The van der Waals surface area contributed by atoms with E-state index < -0.39 is 0 Å². The van der Waals surface area contributed by atoms with E-state index in [4.69, 9.17) is 4.74 Å². The van der Waals surface area contributed by atoms with Crippen molar-refractivity contribution in [3.8, 4) is 0 Å². The zero-order valence-corrected chi connectivity index (χ0v) is 9.74. The fourth-order valence-corrected chi connectivity index (χ4v) is 1.95. The third-order valence-electron chi connectivity index (χ3n) is 2.92. The van der Waals surface area contributed by atoms with Crippen LogP contribution in [0.25, 0.3) is 0 Å². The van der Waals surface area contributed by atoms with Gasteiger partial charge in [-0.1, -0.05) is 0 Å². The molecule has 4 nitrogen and oxygen atoms in total. The number of nitrogens with zero attached hydrogens (tertiary/aromatic N) is 1. The lowest BCUT2D eigenvalue weighted by molar-refractivity contribution is 0.0374. The Balaban J connectivity index is 1.48. The van der Waals surface area contributed by atoms with Gasteiger partial charge in [0.2, 0.25) is 0 Å². The molecule has 4 heteroatoms. The van der Waals surface area contributed by atoms with Gasteiger partial charge < -0.3 is 15.0 Å². The van der Waals surface area contributed by atoms with Crippen LogP contribution in [0.4, 0.5) is 0 Å². The van der Waals surface area contributed by atoms with Gasteiger partial charge in [0, 0.05) is 32.0 Å². The van der Waals surface area contributed by atoms with Crippen LogP contribution in [0.5, 0.6) is 0 Å². The average Bonchev–Trinajstić information content (AvgIpc) is 2.83. The SMILES string of the molecule is c1cc(CNCCCN2CCOCC2)c[nH]1. The second-order valence-corrected chi connectivity index (χ2v) is 4.20. The number of nitrogens with one attached hydrogen (secondary N) is 2. The predicted molar refractivity (Wildman–Crippen MR) is 64.4 cm³/mol. The van der Waals surface area contributed by atoms with Crippen LogP contribution in [0.15, 0.2) is 18.5 Å². The zero-order valence-electron chi connectivity index (χ0n) is 9.74. The van der Waals surface area contributed by atoms with Gasteiger partial charge in [-0.25, -0.2) is 0 Å². The molecule has 1 saturated heterocycles. The smallest absolute Gasteiger partial charge is 0.0594 e. The summed E-state index contributed by atoms with van der Waals surface area (Å²) in [4.78, 5) is 5.53. The molecule has 1 aromatic heterocycles. The molecule has 0 bridgehead atoms. The van der Waals surface area contributed by atoms with Crippen molar-refractivity contribution in [3.63, 3.8) is 0 Å². The van der Waals surface area contributed by atoms with E-state index in [1.165, 1.54) is 18.5 Å². The van der Waals surface area contributed by atoms with Crippen LogP contribution in [0, 0.1) is 0 Å². The maximum Gasteiger partial charge on any atom is 0.0594 e. The second-order valence-electron chi connectivity index (χ2n) is 4.20. The number of aromatic nitrogens is 1. The van der Waals surface area contributed by atoms with Crippen molar-refractivity contribution in [1.82, 2.24) is 15.2 Å². The van der Waals surface area contributed by atoms with Crippen molar-refractivity contribution in [2.75, 3.05) is 39.4 Å². The van der Waals surface area contributed by atoms with Gasteiger partial charge in [0.15, 0.2) is 0 Å². The van der Waals surface area contributed by atoms with E-state index in [9.17, 15) is 0 Å². The number of aromatic amines is 1. The monoisotopic (exact) mass is 223 g/mol. The molecule has 0 amide bonds. The van der Waals surface area contributed by atoms with Crippen molar-refractivity contribution in [1.29, 1.82) is 0 Å². The van der Waals surface area contributed by atoms with E-state index in [0.29, 0.717) is 0 Å². The van der Waals surface area contributed by atoms with Crippen molar-refractivity contribution in [2.24, 2.45) is 0 Å². The van der Waals surface area contributed by atoms with Crippen LogP contribution in [0.3, 0.4) is 0 Å². The molecule has 0 saturated carbocycles. The fraction of sp³-hybridized carbons (Fsp3) is 0.667. The van der Waals surface area contributed by atoms with Crippen molar-refractivity contribution in [3.05, 3.63) is 24.0 Å². The third-order valence-corrected chi connectivity index (χ3v) is 2.92. The summed E-state index contributed by atoms with van der Waals surface area (Å²) in [6.07, 6.45) is 5.21. The Morgan fingerprint density at radius 2 is 2.25 bits per heavy atom. The maximum atomic E-state index is 5.32. The van der Waals surface area contributed by atoms with Crippen LogP contribution < -0.4 is 5.32 Å². The molecule has 90 valence electrons. The highest BCUT2D eigenvalue weighted by atomic mass is 16.5. The Labute approximate surface area is 97.0 Å². The van der Waals surface area contributed by atoms with Crippen molar-refractivity contribution >= 4 is 0 Å². The minimum Gasteiger partial charge on any atom is -0.379 e. The third kappa shape index (κ3) is 3.96. The van der Waals surface area contributed by atoms with Crippen molar-refractivity contribution in [2.45, 2.75) is 13.0 Å². The minimum absolute atomic E-state index is 0.900. The number of hydrogen-bond donors (Lipinski definition) is 2. The Kier molecular flexibility index (Phi) is 4.86. The lowest BCUT2D eigenvalue weighted by atomic mass is 10.3. The number of hydrogen-bond acceptors (Lipinski definition) is 3. The van der Waals surface area contributed by atoms with E-state index >= 15 is 0 Å².